The zero-order valence-corrected chi connectivity index (χ0v) is 56.1. The second kappa shape index (κ2) is 48.3. The summed E-state index contributed by atoms with van der Waals surface area (Å²) in [6, 6.07) is -2.56. The number of rotatable bonds is 50. The highest BCUT2D eigenvalue weighted by Crippen LogP contribution is 2.35. The summed E-state index contributed by atoms with van der Waals surface area (Å²) < 4.78 is 46.6. The van der Waals surface area contributed by atoms with Crippen LogP contribution < -0.4 is 10.6 Å². The van der Waals surface area contributed by atoms with Gasteiger partial charge in [0.15, 0.2) is 25.2 Å². The van der Waals surface area contributed by atoms with Crippen LogP contribution in [0.2, 0.25) is 0 Å². The minimum Gasteiger partial charge on any atom is -0.394 e. The molecule has 0 aromatic carbocycles. The van der Waals surface area contributed by atoms with Crippen LogP contribution in [0.5, 0.6) is 0 Å². The molecular formula is C68H124N2O23. The molecule has 0 radical (unpaired) electrons. The molecule has 15 N–H and O–H groups in total. The van der Waals surface area contributed by atoms with Crippen LogP contribution >= 0.6 is 0 Å². The highest BCUT2D eigenvalue weighted by molar-refractivity contribution is 5.76. The number of ether oxygens (including phenoxy) is 8. The summed E-state index contributed by atoms with van der Waals surface area (Å²) >= 11 is 0. The highest BCUT2D eigenvalue weighted by atomic mass is 16.8. The summed E-state index contributed by atoms with van der Waals surface area (Å²) in [6.07, 6.45) is 9.03. The zero-order valence-electron chi connectivity index (χ0n) is 56.1. The first-order chi connectivity index (χ1) is 45.0. The van der Waals surface area contributed by atoms with Gasteiger partial charge in [0, 0.05) is 13.3 Å². The number of carbonyl (C=O) groups excluding carboxylic acids is 2. The molecule has 0 aliphatic carbocycles. The molecule has 0 aromatic heterocycles. The van der Waals surface area contributed by atoms with Crippen molar-refractivity contribution < 1.29 is 114 Å². The van der Waals surface area contributed by atoms with Crippen LogP contribution in [0, 0.1) is 0 Å². The number of hydrogen-bond acceptors (Lipinski definition) is 23. The summed E-state index contributed by atoms with van der Waals surface area (Å²) in [5.41, 5.74) is 0. The molecule has 4 aliphatic rings. The van der Waals surface area contributed by atoms with Crippen molar-refractivity contribution in [2.75, 3.05) is 33.0 Å². The van der Waals surface area contributed by atoms with Crippen molar-refractivity contribution in [2.24, 2.45) is 0 Å². The van der Waals surface area contributed by atoms with Crippen molar-refractivity contribution in [3.63, 3.8) is 0 Å². The number of carbonyl (C=O) groups is 2. The standard InChI is InChI=1S/C68H124N2O23/c1-4-6-8-10-12-14-16-18-19-20-21-22-23-24-25-27-29-31-33-35-37-39-52(77)70-46(47(76)38-36-34-32-30-28-26-17-15-13-11-9-7-5-2)44-86-66-59(83)58(82)62(51(43-74)90-66)91-67-61(85)64(56(80)50(42-73)88-67)93-68-60(84)63(55(79)49(41-72)89-68)92-65-53(69-45(3)75)57(81)54(78)48(40-71)87-65/h18-19,36,38,46-51,53-68,71-74,76,78-85H,4-17,20-35,37,39-44H2,1-3H3,(H,69,75)(H,70,77)/b19-18-,38-36+/t46-,47+,48?,49?,50?,51?,53?,54-,55-,56-,57+,58+,59?,60?,61?,62+,63-,64-,65-,66+,67-,68+/m0/s1. The number of unbranched alkanes of at least 4 members (excludes halogenated alkanes) is 28. The van der Waals surface area contributed by atoms with Crippen molar-refractivity contribution in [3.05, 3.63) is 24.3 Å². The van der Waals surface area contributed by atoms with Crippen LogP contribution in [0.25, 0.3) is 0 Å². The molecule has 0 spiro atoms. The lowest BCUT2D eigenvalue weighted by Gasteiger charge is -2.49. The molecule has 544 valence electrons. The third-order valence-corrected chi connectivity index (χ3v) is 18.3. The SMILES string of the molecule is CCCCCCCC/C=C\CCCCCCCCCCCCCC(=O)N[C@@H](CO[C@@H]1OC(CO)[C@@H](O[C@@H]2OC(CO)[C@H](O)[C@H](O[C@H]3OC(CO)[C@H](O)[C@H](O[C@@H]4OC(CO)[C@H](O)[C@H](O)C4NC(C)=O)C3O)C2O)[C@H](O)C1O)[C@H](O)/C=C/CCCCCCCCCCCCC. The Morgan fingerprint density at radius 3 is 1.24 bits per heavy atom. The molecule has 8 unspecified atom stereocenters. The molecule has 0 bridgehead atoms. The lowest BCUT2D eigenvalue weighted by atomic mass is 9.95. The minimum absolute atomic E-state index is 0.208. The Kier molecular flexibility index (Phi) is 43.1. The predicted molar refractivity (Wildman–Crippen MR) is 345 cm³/mol. The fraction of sp³-hybridized carbons (Fsp3) is 0.912. The van der Waals surface area contributed by atoms with E-state index in [2.05, 4.69) is 36.6 Å². The maximum atomic E-state index is 13.5. The highest BCUT2D eigenvalue weighted by Gasteiger charge is 2.56. The van der Waals surface area contributed by atoms with E-state index in [0.29, 0.717) is 12.8 Å². The smallest absolute Gasteiger partial charge is 0.220 e. The van der Waals surface area contributed by atoms with Crippen molar-refractivity contribution in [1.82, 2.24) is 10.6 Å². The Bertz CT molecular complexity index is 1980. The topological polar surface area (TPSA) is 395 Å². The Labute approximate surface area is 552 Å². The third-order valence-electron chi connectivity index (χ3n) is 18.3. The molecular weight excluding hydrogens is 1210 g/mol. The maximum Gasteiger partial charge on any atom is 0.220 e. The minimum atomic E-state index is -2.11. The van der Waals surface area contributed by atoms with Gasteiger partial charge in [0.1, 0.15) is 97.6 Å². The summed E-state index contributed by atoms with van der Waals surface area (Å²) in [6.45, 7) is 1.58. The van der Waals surface area contributed by atoms with Gasteiger partial charge in [-0.3, -0.25) is 9.59 Å². The quantitative estimate of drug-likeness (QED) is 0.0303. The van der Waals surface area contributed by atoms with Crippen LogP contribution in [0.1, 0.15) is 226 Å². The number of aliphatic hydroxyl groups excluding tert-OH is 13. The normalized spacial score (nSPS) is 32.5. The van der Waals surface area contributed by atoms with Gasteiger partial charge >= 0.3 is 0 Å². The molecule has 0 saturated carbocycles. The molecule has 25 heteroatoms. The Morgan fingerprint density at radius 1 is 0.419 bits per heavy atom. The van der Waals surface area contributed by atoms with Gasteiger partial charge in [0.25, 0.3) is 0 Å². The molecule has 4 saturated heterocycles. The van der Waals surface area contributed by atoms with E-state index in [0.717, 1.165) is 51.9 Å². The molecule has 4 rings (SSSR count). The third kappa shape index (κ3) is 29.5. The first kappa shape index (κ1) is 83.0. The lowest BCUT2D eigenvalue weighted by molar-refractivity contribution is -0.387. The van der Waals surface area contributed by atoms with Gasteiger partial charge in [0.2, 0.25) is 11.8 Å². The van der Waals surface area contributed by atoms with Crippen LogP contribution in [-0.4, -0.2) is 246 Å². The van der Waals surface area contributed by atoms with Crippen LogP contribution in [0.3, 0.4) is 0 Å². The average Bonchev–Trinajstić information content (AvgIpc) is 0.788. The maximum absolute atomic E-state index is 13.5. The first-order valence-corrected chi connectivity index (χ1v) is 35.6. The van der Waals surface area contributed by atoms with Gasteiger partial charge in [-0.15, -0.1) is 0 Å². The number of allylic oxidation sites excluding steroid dienone is 3. The van der Waals surface area contributed by atoms with E-state index in [9.17, 15) is 76.0 Å². The van der Waals surface area contributed by atoms with E-state index >= 15 is 0 Å². The van der Waals surface area contributed by atoms with E-state index < -0.39 is 174 Å². The van der Waals surface area contributed by atoms with Gasteiger partial charge in [-0.25, -0.2) is 0 Å². The summed E-state index contributed by atoms with van der Waals surface area (Å²) in [4.78, 5) is 25.6. The summed E-state index contributed by atoms with van der Waals surface area (Å²) in [5, 5.41) is 148. The van der Waals surface area contributed by atoms with Crippen molar-refractivity contribution in [2.45, 2.75) is 361 Å². The fourth-order valence-corrected chi connectivity index (χ4v) is 12.5. The second-order valence-electron chi connectivity index (χ2n) is 26.1. The average molecular weight is 1340 g/mol. The molecule has 4 heterocycles. The van der Waals surface area contributed by atoms with Crippen LogP contribution in [0.15, 0.2) is 24.3 Å². The van der Waals surface area contributed by atoms with Crippen molar-refractivity contribution in [1.29, 1.82) is 0 Å². The van der Waals surface area contributed by atoms with Gasteiger partial charge < -0.3 is 115 Å². The lowest BCUT2D eigenvalue weighted by Crippen LogP contribution is -2.69. The summed E-state index contributed by atoms with van der Waals surface area (Å²) in [7, 11) is 0. The zero-order chi connectivity index (χ0) is 67.9. The number of hydrogen-bond donors (Lipinski definition) is 15. The van der Waals surface area contributed by atoms with Gasteiger partial charge in [-0.1, -0.05) is 192 Å². The van der Waals surface area contributed by atoms with Gasteiger partial charge in [-0.2, -0.15) is 0 Å². The second-order valence-corrected chi connectivity index (χ2v) is 26.1. The largest absolute Gasteiger partial charge is 0.394 e. The van der Waals surface area contributed by atoms with E-state index in [-0.39, 0.29) is 12.3 Å². The Morgan fingerprint density at radius 2 is 0.796 bits per heavy atom. The molecule has 4 fully saturated rings. The first-order valence-electron chi connectivity index (χ1n) is 35.6. The van der Waals surface area contributed by atoms with Crippen LogP contribution in [-0.2, 0) is 47.5 Å². The van der Waals surface area contributed by atoms with Gasteiger partial charge in [0.05, 0.1) is 45.2 Å². The fourth-order valence-electron chi connectivity index (χ4n) is 12.5. The van der Waals surface area contributed by atoms with Crippen LogP contribution in [0.4, 0.5) is 0 Å². The van der Waals surface area contributed by atoms with E-state index in [1.807, 2.05) is 6.08 Å². The molecule has 4 aliphatic heterocycles. The Hall–Kier alpha value is -2.42. The molecule has 0 aromatic rings. The van der Waals surface area contributed by atoms with Crippen molar-refractivity contribution >= 4 is 11.8 Å². The van der Waals surface area contributed by atoms with E-state index in [1.165, 1.54) is 141 Å². The number of amides is 2. The number of nitrogens with one attached hydrogen (secondary N) is 2. The molecule has 25 nitrogen and oxygen atoms in total. The summed E-state index contributed by atoms with van der Waals surface area (Å²) in [5.74, 6) is -1.02. The molecule has 93 heavy (non-hydrogen) atoms. The Balaban J connectivity index is 1.32. The van der Waals surface area contributed by atoms with E-state index in [4.69, 9.17) is 37.9 Å². The van der Waals surface area contributed by atoms with Gasteiger partial charge in [-0.05, 0) is 44.9 Å². The van der Waals surface area contributed by atoms with Crippen molar-refractivity contribution in [3.8, 4) is 0 Å². The molecule has 2 amide bonds. The predicted octanol–water partition coefficient (Wildman–Crippen LogP) is 3.90. The van der Waals surface area contributed by atoms with E-state index in [1.54, 1.807) is 6.08 Å². The number of aliphatic hydroxyl groups is 13. The molecule has 22 atom stereocenters. The monoisotopic (exact) mass is 1340 g/mol.